The van der Waals surface area contributed by atoms with E-state index in [-0.39, 0.29) is 5.92 Å². The van der Waals surface area contributed by atoms with Gasteiger partial charge in [-0.25, -0.2) is 15.0 Å². The van der Waals surface area contributed by atoms with Crippen molar-refractivity contribution in [2.75, 3.05) is 11.9 Å². The maximum absolute atomic E-state index is 8.86. The fourth-order valence-corrected chi connectivity index (χ4v) is 3.25. The highest BCUT2D eigenvalue weighted by Gasteiger charge is 2.37. The molecule has 0 amide bonds. The molecular formula is C21H21N7O. The van der Waals surface area contributed by atoms with Crippen LogP contribution in [0.2, 0.25) is 0 Å². The molecule has 2 atom stereocenters. The molecule has 1 N–H and O–H groups in total. The van der Waals surface area contributed by atoms with E-state index in [1.807, 2.05) is 29.9 Å². The molecule has 8 nitrogen and oxygen atoms in total. The van der Waals surface area contributed by atoms with Crippen molar-refractivity contribution < 1.29 is 4.74 Å². The molecule has 3 aromatic heterocycles. The van der Waals surface area contributed by atoms with Crippen LogP contribution in [0.15, 0.2) is 36.9 Å². The number of aromatic nitrogens is 5. The number of ether oxygens (including phenoxy) is 1. The third-order valence-corrected chi connectivity index (χ3v) is 5.29. The van der Waals surface area contributed by atoms with Gasteiger partial charge in [0.05, 0.1) is 42.2 Å². The van der Waals surface area contributed by atoms with E-state index in [9.17, 15) is 0 Å². The first-order valence-electron chi connectivity index (χ1n) is 9.83. The zero-order valence-electron chi connectivity index (χ0n) is 16.1. The second kappa shape index (κ2) is 7.17. The van der Waals surface area contributed by atoms with Gasteiger partial charge in [-0.2, -0.15) is 10.4 Å². The molecule has 2 aliphatic rings. The number of pyridine rings is 1. The first kappa shape index (κ1) is 17.6. The van der Waals surface area contributed by atoms with E-state index in [0.717, 1.165) is 28.9 Å². The van der Waals surface area contributed by atoms with Gasteiger partial charge >= 0.3 is 0 Å². The fourth-order valence-electron chi connectivity index (χ4n) is 3.25. The molecular weight excluding hydrogens is 366 g/mol. The lowest BCUT2D eigenvalue weighted by atomic mass is 10.1. The molecule has 2 saturated carbocycles. The molecule has 2 fully saturated rings. The Hall–Kier alpha value is -3.47. The van der Waals surface area contributed by atoms with Gasteiger partial charge in [-0.1, -0.05) is 0 Å². The van der Waals surface area contributed by atoms with Gasteiger partial charge in [-0.15, -0.1) is 0 Å². The molecule has 3 aromatic rings. The summed E-state index contributed by atoms with van der Waals surface area (Å²) in [6.45, 7) is 2.52. The van der Waals surface area contributed by atoms with Crippen molar-refractivity contribution >= 4 is 11.6 Å². The summed E-state index contributed by atoms with van der Waals surface area (Å²) < 4.78 is 7.68. The first-order valence-corrected chi connectivity index (χ1v) is 9.83. The van der Waals surface area contributed by atoms with E-state index in [4.69, 9.17) is 10.00 Å². The summed E-state index contributed by atoms with van der Waals surface area (Å²) in [5.41, 5.74) is 3.57. The van der Waals surface area contributed by atoms with Crippen molar-refractivity contribution in [2.24, 2.45) is 11.8 Å². The second-order valence-corrected chi connectivity index (χ2v) is 7.72. The van der Waals surface area contributed by atoms with Gasteiger partial charge in [-0.3, -0.25) is 4.68 Å². The average Bonchev–Trinajstić information content (AvgIpc) is 3.67. The van der Waals surface area contributed by atoms with Gasteiger partial charge in [0.25, 0.3) is 0 Å². The molecule has 0 aliphatic heterocycles. The topological polar surface area (TPSA) is 102 Å². The van der Waals surface area contributed by atoms with Gasteiger partial charge in [0, 0.05) is 36.1 Å². The highest BCUT2D eigenvalue weighted by molar-refractivity contribution is 5.64. The van der Waals surface area contributed by atoms with Crippen LogP contribution in [0.4, 0.5) is 11.6 Å². The van der Waals surface area contributed by atoms with Crippen LogP contribution in [0.25, 0.3) is 11.3 Å². The van der Waals surface area contributed by atoms with E-state index < -0.39 is 0 Å². The third-order valence-electron chi connectivity index (χ3n) is 5.29. The lowest BCUT2D eigenvalue weighted by Crippen LogP contribution is -2.03. The molecule has 2 aliphatic carbocycles. The number of nitrogens with one attached hydrogen (secondary N) is 1. The first-order chi connectivity index (χ1) is 14.2. The van der Waals surface area contributed by atoms with Crippen LogP contribution >= 0.6 is 0 Å². The highest BCUT2D eigenvalue weighted by atomic mass is 16.5. The third kappa shape index (κ3) is 3.90. The maximum atomic E-state index is 8.86. The van der Waals surface area contributed by atoms with Crippen molar-refractivity contribution in [3.8, 4) is 23.2 Å². The number of hydrogen-bond donors (Lipinski definition) is 1. The predicted molar refractivity (Wildman–Crippen MR) is 106 cm³/mol. The van der Waals surface area contributed by atoms with E-state index >= 15 is 0 Å². The van der Waals surface area contributed by atoms with Crippen molar-refractivity contribution in [3.63, 3.8) is 0 Å². The summed E-state index contributed by atoms with van der Waals surface area (Å²) in [4.78, 5) is 13.4. The zero-order chi connectivity index (χ0) is 19.8. The molecule has 0 spiro atoms. The number of nitriles is 1. The van der Waals surface area contributed by atoms with Crippen molar-refractivity contribution in [1.29, 1.82) is 5.26 Å². The van der Waals surface area contributed by atoms with Crippen molar-refractivity contribution in [2.45, 2.75) is 32.2 Å². The standard InChI is InChI=1S/C21H21N7O/c1-13-8-24-21(26-17-10-25-28(11-17)18-3-4-18)27-20(13)14-2-5-19(23-9-14)29-12-16-6-15(16)7-22/h2,5,8-11,15-16,18H,3-4,6,12H2,1H3,(H,24,26,27). The Bertz CT molecular complexity index is 1070. The predicted octanol–water partition coefficient (Wildman–Crippen LogP) is 3.66. The zero-order valence-corrected chi connectivity index (χ0v) is 16.1. The van der Waals surface area contributed by atoms with Crippen LogP contribution in [0, 0.1) is 30.1 Å². The summed E-state index contributed by atoms with van der Waals surface area (Å²) in [5, 5.41) is 16.5. The fraction of sp³-hybridized carbons (Fsp3) is 0.381. The Morgan fingerprint density at radius 3 is 2.86 bits per heavy atom. The van der Waals surface area contributed by atoms with Gasteiger partial charge in [0.15, 0.2) is 0 Å². The number of nitrogens with zero attached hydrogens (tertiary/aromatic N) is 6. The van der Waals surface area contributed by atoms with Crippen LogP contribution in [-0.4, -0.2) is 31.3 Å². The van der Waals surface area contributed by atoms with Gasteiger partial charge in [-0.05, 0) is 37.8 Å². The molecule has 0 radical (unpaired) electrons. The van der Waals surface area contributed by atoms with Gasteiger partial charge in [0.1, 0.15) is 0 Å². The van der Waals surface area contributed by atoms with Crippen molar-refractivity contribution in [1.82, 2.24) is 24.7 Å². The summed E-state index contributed by atoms with van der Waals surface area (Å²) in [7, 11) is 0. The van der Waals surface area contributed by atoms with E-state index in [1.54, 1.807) is 18.6 Å². The maximum Gasteiger partial charge on any atom is 0.227 e. The Morgan fingerprint density at radius 2 is 2.14 bits per heavy atom. The van der Waals surface area contributed by atoms with Crippen LogP contribution < -0.4 is 10.1 Å². The summed E-state index contributed by atoms with van der Waals surface area (Å²) >= 11 is 0. The van der Waals surface area contributed by atoms with Crippen LogP contribution in [0.3, 0.4) is 0 Å². The number of anilines is 2. The Kier molecular flexibility index (Phi) is 4.35. The molecule has 0 aromatic carbocycles. The van der Waals surface area contributed by atoms with E-state index in [0.29, 0.717) is 30.4 Å². The van der Waals surface area contributed by atoms with E-state index in [1.165, 1.54) is 12.8 Å². The molecule has 146 valence electrons. The molecule has 3 heterocycles. The van der Waals surface area contributed by atoms with Gasteiger partial charge in [0.2, 0.25) is 11.8 Å². The quantitative estimate of drug-likeness (QED) is 0.660. The summed E-state index contributed by atoms with van der Waals surface area (Å²) in [5.74, 6) is 1.57. The SMILES string of the molecule is Cc1cnc(Nc2cnn(C3CC3)c2)nc1-c1ccc(OCC2CC2C#N)nc1. The Labute approximate surface area is 168 Å². The van der Waals surface area contributed by atoms with Crippen molar-refractivity contribution in [3.05, 3.63) is 42.5 Å². The van der Waals surface area contributed by atoms with Crippen LogP contribution in [0.5, 0.6) is 5.88 Å². The van der Waals surface area contributed by atoms with Crippen LogP contribution in [0.1, 0.15) is 30.9 Å². The lowest BCUT2D eigenvalue weighted by Gasteiger charge is -2.09. The molecule has 8 heteroatoms. The molecule has 2 unspecified atom stereocenters. The lowest BCUT2D eigenvalue weighted by molar-refractivity contribution is 0.285. The normalized spacial score (nSPS) is 20.1. The Balaban J connectivity index is 1.28. The largest absolute Gasteiger partial charge is 0.477 e. The highest BCUT2D eigenvalue weighted by Crippen LogP contribution is 2.38. The smallest absolute Gasteiger partial charge is 0.227 e. The van der Waals surface area contributed by atoms with Crippen LogP contribution in [-0.2, 0) is 0 Å². The number of aryl methyl sites for hydroxylation is 1. The molecule has 0 bridgehead atoms. The Morgan fingerprint density at radius 1 is 1.24 bits per heavy atom. The minimum Gasteiger partial charge on any atom is -0.477 e. The average molecular weight is 387 g/mol. The summed E-state index contributed by atoms with van der Waals surface area (Å²) in [6, 6.07) is 6.59. The summed E-state index contributed by atoms with van der Waals surface area (Å²) in [6.07, 6.45) is 10.7. The number of rotatable bonds is 7. The van der Waals surface area contributed by atoms with Gasteiger partial charge < -0.3 is 10.1 Å². The minimum atomic E-state index is 0.139. The monoisotopic (exact) mass is 387 g/mol. The minimum absolute atomic E-state index is 0.139. The molecule has 29 heavy (non-hydrogen) atoms. The number of hydrogen-bond acceptors (Lipinski definition) is 7. The second-order valence-electron chi connectivity index (χ2n) is 7.72. The molecule has 5 rings (SSSR count). The van der Waals surface area contributed by atoms with E-state index in [2.05, 4.69) is 31.4 Å². The molecule has 0 saturated heterocycles.